The van der Waals surface area contributed by atoms with Gasteiger partial charge >= 0.3 is 0 Å². The van der Waals surface area contributed by atoms with E-state index in [2.05, 4.69) is 4.98 Å². The Labute approximate surface area is 128 Å². The number of aryl methyl sites for hydroxylation is 1. The van der Waals surface area contributed by atoms with Crippen molar-refractivity contribution in [3.05, 3.63) is 65.1 Å². The maximum atomic E-state index is 14.0. The number of methoxy groups -OCH3 is 1. The quantitative estimate of drug-likeness (QED) is 0.746. The molecule has 0 bridgehead atoms. The van der Waals surface area contributed by atoms with Crippen LogP contribution in [0.1, 0.15) is 16.7 Å². The first-order chi connectivity index (χ1) is 10.6. The van der Waals surface area contributed by atoms with Gasteiger partial charge in [-0.15, -0.1) is 0 Å². The van der Waals surface area contributed by atoms with Gasteiger partial charge in [0.05, 0.1) is 12.6 Å². The van der Waals surface area contributed by atoms with Crippen molar-refractivity contribution >= 4 is 16.6 Å². The van der Waals surface area contributed by atoms with E-state index in [1.54, 1.807) is 25.4 Å². The lowest BCUT2D eigenvalue weighted by atomic mass is 9.99. The average molecular weight is 296 g/mol. The summed E-state index contributed by atoms with van der Waals surface area (Å²) in [4.78, 5) is 4.38. The number of pyridine rings is 1. The summed E-state index contributed by atoms with van der Waals surface area (Å²) in [6.45, 7) is 1.98. The van der Waals surface area contributed by atoms with Crippen LogP contribution in [0, 0.1) is 12.7 Å². The molecular formula is C18H17FN2O. The first-order valence-electron chi connectivity index (χ1n) is 7.04. The molecule has 112 valence electrons. The number of rotatable bonds is 3. The molecule has 0 aliphatic heterocycles. The molecule has 0 aliphatic rings. The minimum atomic E-state index is -0.282. The van der Waals surface area contributed by atoms with Gasteiger partial charge < -0.3 is 10.5 Å². The highest BCUT2D eigenvalue weighted by Crippen LogP contribution is 2.28. The van der Waals surface area contributed by atoms with Crippen molar-refractivity contribution in [2.24, 2.45) is 0 Å². The van der Waals surface area contributed by atoms with Crippen LogP contribution < -0.4 is 10.5 Å². The number of ether oxygens (including phenoxy) is 1. The van der Waals surface area contributed by atoms with Gasteiger partial charge in [-0.1, -0.05) is 6.07 Å². The molecule has 2 N–H and O–H groups in total. The Kier molecular flexibility index (Phi) is 3.67. The predicted octanol–water partition coefficient (Wildman–Crippen LogP) is 3.86. The number of halogens is 1. The Morgan fingerprint density at radius 2 is 1.95 bits per heavy atom. The van der Waals surface area contributed by atoms with E-state index in [-0.39, 0.29) is 5.82 Å². The molecule has 1 aromatic heterocycles. The van der Waals surface area contributed by atoms with Crippen molar-refractivity contribution < 1.29 is 9.13 Å². The van der Waals surface area contributed by atoms with Crippen molar-refractivity contribution in [2.45, 2.75) is 13.3 Å². The largest absolute Gasteiger partial charge is 0.496 e. The van der Waals surface area contributed by atoms with E-state index < -0.39 is 0 Å². The summed E-state index contributed by atoms with van der Waals surface area (Å²) in [6.07, 6.45) is 2.23. The van der Waals surface area contributed by atoms with Crippen molar-refractivity contribution in [2.75, 3.05) is 12.8 Å². The molecule has 0 radical (unpaired) electrons. The van der Waals surface area contributed by atoms with Crippen molar-refractivity contribution in [3.8, 4) is 5.75 Å². The zero-order chi connectivity index (χ0) is 15.7. The number of anilines is 1. The minimum absolute atomic E-state index is 0.282. The van der Waals surface area contributed by atoms with Crippen LogP contribution >= 0.6 is 0 Å². The first kappa shape index (κ1) is 14.3. The smallest absolute Gasteiger partial charge is 0.128 e. The predicted molar refractivity (Wildman–Crippen MR) is 86.7 cm³/mol. The lowest BCUT2D eigenvalue weighted by molar-refractivity contribution is 0.412. The monoisotopic (exact) mass is 296 g/mol. The third kappa shape index (κ3) is 2.60. The van der Waals surface area contributed by atoms with Gasteiger partial charge in [-0.3, -0.25) is 4.98 Å². The van der Waals surface area contributed by atoms with Gasteiger partial charge in [-0.2, -0.15) is 0 Å². The zero-order valence-electron chi connectivity index (χ0n) is 12.6. The molecule has 0 spiro atoms. The molecule has 3 nitrogen and oxygen atoms in total. The summed E-state index contributed by atoms with van der Waals surface area (Å²) in [5, 5.41) is 1.01. The molecule has 22 heavy (non-hydrogen) atoms. The molecule has 3 rings (SSSR count). The Morgan fingerprint density at radius 3 is 2.68 bits per heavy atom. The highest BCUT2D eigenvalue weighted by molar-refractivity contribution is 5.84. The average Bonchev–Trinajstić information content (AvgIpc) is 2.50. The number of benzene rings is 2. The fourth-order valence-electron chi connectivity index (χ4n) is 2.62. The highest BCUT2D eigenvalue weighted by atomic mass is 19.1. The second kappa shape index (κ2) is 5.64. The lowest BCUT2D eigenvalue weighted by Gasteiger charge is -2.11. The molecule has 3 aromatic rings. The van der Waals surface area contributed by atoms with Crippen LogP contribution in [0.25, 0.3) is 10.9 Å². The van der Waals surface area contributed by atoms with E-state index in [1.165, 1.54) is 6.07 Å². The van der Waals surface area contributed by atoms with Crippen LogP contribution in [0.2, 0.25) is 0 Å². The fraction of sp³-hybridized carbons (Fsp3) is 0.167. The van der Waals surface area contributed by atoms with E-state index >= 15 is 0 Å². The Hall–Kier alpha value is -2.62. The van der Waals surface area contributed by atoms with Crippen molar-refractivity contribution in [3.63, 3.8) is 0 Å². The molecule has 1 heterocycles. The molecule has 2 aromatic carbocycles. The zero-order valence-corrected chi connectivity index (χ0v) is 12.6. The van der Waals surface area contributed by atoms with Crippen molar-refractivity contribution in [1.29, 1.82) is 0 Å². The summed E-state index contributed by atoms with van der Waals surface area (Å²) in [5.74, 6) is 0.519. The van der Waals surface area contributed by atoms with E-state index in [9.17, 15) is 4.39 Å². The molecule has 4 heteroatoms. The van der Waals surface area contributed by atoms with Crippen LogP contribution in [-0.4, -0.2) is 12.1 Å². The molecular weight excluding hydrogens is 279 g/mol. The molecule has 0 aliphatic carbocycles. The molecule has 0 amide bonds. The molecule has 0 saturated carbocycles. The Morgan fingerprint density at radius 1 is 1.14 bits per heavy atom. The number of hydrogen-bond acceptors (Lipinski definition) is 3. The van der Waals surface area contributed by atoms with Gasteiger partial charge in [-0.05, 0) is 47.9 Å². The summed E-state index contributed by atoms with van der Waals surface area (Å²) in [7, 11) is 1.64. The molecule has 0 atom stereocenters. The van der Waals surface area contributed by atoms with Crippen LogP contribution in [-0.2, 0) is 6.42 Å². The number of fused-ring (bicyclic) bond motifs is 1. The molecule has 0 fully saturated rings. The summed E-state index contributed by atoms with van der Waals surface area (Å²) in [5.41, 5.74) is 9.55. The van der Waals surface area contributed by atoms with E-state index in [1.807, 2.05) is 25.1 Å². The SMILES string of the molecule is COc1cc2nccc(Cc3ccc(N)cc3F)c2cc1C. The summed E-state index contributed by atoms with van der Waals surface area (Å²) < 4.78 is 19.3. The van der Waals surface area contributed by atoms with Gasteiger partial charge in [0.15, 0.2) is 0 Å². The second-order valence-corrected chi connectivity index (χ2v) is 5.34. The van der Waals surface area contributed by atoms with Crippen LogP contribution in [0.3, 0.4) is 0 Å². The van der Waals surface area contributed by atoms with E-state index in [0.717, 1.165) is 27.8 Å². The normalized spacial score (nSPS) is 10.9. The van der Waals surface area contributed by atoms with Gasteiger partial charge in [0, 0.05) is 29.8 Å². The molecule has 0 unspecified atom stereocenters. The van der Waals surface area contributed by atoms with Gasteiger partial charge in [-0.25, -0.2) is 4.39 Å². The lowest BCUT2D eigenvalue weighted by Crippen LogP contribution is -1.97. The Bertz CT molecular complexity index is 846. The minimum Gasteiger partial charge on any atom is -0.496 e. The Balaban J connectivity index is 2.09. The van der Waals surface area contributed by atoms with Gasteiger partial charge in [0.1, 0.15) is 11.6 Å². The summed E-state index contributed by atoms with van der Waals surface area (Å²) in [6, 6.07) is 10.7. The fourth-order valence-corrected chi connectivity index (χ4v) is 2.62. The van der Waals surface area contributed by atoms with Gasteiger partial charge in [0.25, 0.3) is 0 Å². The molecule has 0 saturated heterocycles. The van der Waals surface area contributed by atoms with Gasteiger partial charge in [0.2, 0.25) is 0 Å². The topological polar surface area (TPSA) is 48.1 Å². The third-order valence-electron chi connectivity index (χ3n) is 3.81. The number of hydrogen-bond donors (Lipinski definition) is 1. The number of nitrogens with zero attached hydrogens (tertiary/aromatic N) is 1. The van der Waals surface area contributed by atoms with Crippen LogP contribution in [0.5, 0.6) is 5.75 Å². The number of nitrogen functional groups attached to an aromatic ring is 1. The first-order valence-corrected chi connectivity index (χ1v) is 7.04. The van der Waals surface area contributed by atoms with Crippen LogP contribution in [0.4, 0.5) is 10.1 Å². The number of nitrogens with two attached hydrogens (primary N) is 1. The maximum absolute atomic E-state index is 14.0. The second-order valence-electron chi connectivity index (χ2n) is 5.34. The van der Waals surface area contributed by atoms with Crippen LogP contribution in [0.15, 0.2) is 42.6 Å². The van der Waals surface area contributed by atoms with Crippen molar-refractivity contribution in [1.82, 2.24) is 4.98 Å². The summed E-state index contributed by atoms with van der Waals surface area (Å²) >= 11 is 0. The number of aromatic nitrogens is 1. The standard InChI is InChI=1S/C18H17FN2O/c1-11-7-15-12(5-6-21-17(15)10-18(11)22-2)8-13-3-4-14(20)9-16(13)19/h3-7,9-10H,8,20H2,1-2H3. The van der Waals surface area contributed by atoms with E-state index in [4.69, 9.17) is 10.5 Å². The van der Waals surface area contributed by atoms with E-state index in [0.29, 0.717) is 17.7 Å². The third-order valence-corrected chi connectivity index (χ3v) is 3.81. The maximum Gasteiger partial charge on any atom is 0.128 e. The highest BCUT2D eigenvalue weighted by Gasteiger charge is 2.10.